The van der Waals surface area contributed by atoms with Crippen LogP contribution in [0.25, 0.3) is 0 Å². The Labute approximate surface area is 175 Å². The van der Waals surface area contributed by atoms with Crippen LogP contribution in [0.2, 0.25) is 0 Å². The van der Waals surface area contributed by atoms with Gasteiger partial charge >= 0.3 is 0 Å². The van der Waals surface area contributed by atoms with E-state index < -0.39 is 0 Å². The molecule has 0 fully saturated rings. The number of H-pyrrole nitrogens is 1. The van der Waals surface area contributed by atoms with Crippen LogP contribution in [-0.2, 0) is 6.54 Å². The van der Waals surface area contributed by atoms with Gasteiger partial charge in [-0.15, -0.1) is 0 Å². The highest BCUT2D eigenvalue weighted by Crippen LogP contribution is 2.21. The largest absolute Gasteiger partial charge is 0.384 e. The van der Waals surface area contributed by atoms with Crippen LogP contribution in [0.1, 0.15) is 63.5 Å². The number of amidine groups is 1. The summed E-state index contributed by atoms with van der Waals surface area (Å²) in [7, 11) is 0. The molecule has 0 saturated carbocycles. The normalized spacial score (nSPS) is 12.4. The Morgan fingerprint density at radius 1 is 1.17 bits per heavy atom. The van der Waals surface area contributed by atoms with Crippen LogP contribution >= 0.6 is 0 Å². The van der Waals surface area contributed by atoms with Crippen molar-refractivity contribution >= 4 is 11.7 Å². The third kappa shape index (κ3) is 8.52. The van der Waals surface area contributed by atoms with Crippen LogP contribution in [-0.4, -0.2) is 29.1 Å². The van der Waals surface area contributed by atoms with E-state index in [-0.39, 0.29) is 0 Å². The van der Waals surface area contributed by atoms with E-state index in [0.717, 1.165) is 61.8 Å². The van der Waals surface area contributed by atoms with E-state index in [1.54, 1.807) is 0 Å². The Morgan fingerprint density at radius 2 is 1.93 bits per heavy atom. The first-order valence-electron chi connectivity index (χ1n) is 10.6. The van der Waals surface area contributed by atoms with Gasteiger partial charge in [-0.2, -0.15) is 5.10 Å². The molecular weight excluding hydrogens is 360 g/mol. The highest BCUT2D eigenvalue weighted by atomic mass is 15.2. The van der Waals surface area contributed by atoms with Crippen molar-refractivity contribution in [3.63, 3.8) is 0 Å². The smallest absolute Gasteiger partial charge is 0.130 e. The fraction of sp³-hybridized carbons (Fsp3) is 0.478. The van der Waals surface area contributed by atoms with Gasteiger partial charge in [0.1, 0.15) is 11.7 Å². The van der Waals surface area contributed by atoms with E-state index in [1.807, 2.05) is 12.3 Å². The second-order valence-corrected chi connectivity index (χ2v) is 7.62. The minimum Gasteiger partial charge on any atom is -0.384 e. The van der Waals surface area contributed by atoms with Gasteiger partial charge in [-0.3, -0.25) is 10.1 Å². The fourth-order valence-corrected chi connectivity index (χ4v) is 2.99. The lowest BCUT2D eigenvalue weighted by atomic mass is 10.1. The van der Waals surface area contributed by atoms with Crippen LogP contribution in [0.4, 0.5) is 5.82 Å². The van der Waals surface area contributed by atoms with E-state index in [4.69, 9.17) is 10.7 Å². The van der Waals surface area contributed by atoms with Crippen molar-refractivity contribution in [3.8, 4) is 0 Å². The number of unbranched alkanes of at least 4 members (excludes halogenated alkanes) is 3. The first-order chi connectivity index (χ1) is 14.1. The topological polar surface area (TPSA) is 91.1 Å². The minimum atomic E-state index is 0.384. The first kappa shape index (κ1) is 22.7. The Kier molecular flexibility index (Phi) is 10.00. The number of nitrogens with zero attached hydrogens (tertiary/aromatic N) is 2. The van der Waals surface area contributed by atoms with Gasteiger partial charge in [0.05, 0.1) is 6.20 Å². The second-order valence-electron chi connectivity index (χ2n) is 7.62. The highest BCUT2D eigenvalue weighted by Gasteiger charge is 2.10. The molecule has 5 N–H and O–H groups in total. The maximum absolute atomic E-state index is 5.57. The third-order valence-corrected chi connectivity index (χ3v) is 4.71. The maximum Gasteiger partial charge on any atom is 0.130 e. The van der Waals surface area contributed by atoms with E-state index in [9.17, 15) is 0 Å². The molecule has 0 atom stereocenters. The van der Waals surface area contributed by atoms with E-state index in [1.165, 1.54) is 12.0 Å². The van der Waals surface area contributed by atoms with Crippen LogP contribution < -0.4 is 16.4 Å². The predicted octanol–water partition coefficient (Wildman–Crippen LogP) is 4.56. The summed E-state index contributed by atoms with van der Waals surface area (Å²) in [6, 6.07) is 10.4. The summed E-state index contributed by atoms with van der Waals surface area (Å²) < 4.78 is 0. The molecule has 0 amide bonds. The fourth-order valence-electron chi connectivity index (χ4n) is 2.99. The molecule has 0 bridgehead atoms. The lowest BCUT2D eigenvalue weighted by molar-refractivity contribution is 0.654. The quantitative estimate of drug-likeness (QED) is 0.240. The Bertz CT molecular complexity index is 761. The van der Waals surface area contributed by atoms with Crippen molar-refractivity contribution in [2.24, 2.45) is 10.7 Å². The molecule has 0 aliphatic carbocycles. The number of nitrogens with two attached hydrogens (primary N) is 1. The zero-order valence-corrected chi connectivity index (χ0v) is 18.0. The summed E-state index contributed by atoms with van der Waals surface area (Å²) in [5, 5.41) is 14.2. The number of aromatic amines is 1. The molecule has 1 aromatic carbocycles. The third-order valence-electron chi connectivity index (χ3n) is 4.71. The number of aromatic nitrogens is 2. The Balaban J connectivity index is 2.03. The highest BCUT2D eigenvalue weighted by molar-refractivity contribution is 6.04. The molecule has 1 heterocycles. The van der Waals surface area contributed by atoms with Gasteiger partial charge in [-0.25, -0.2) is 0 Å². The van der Waals surface area contributed by atoms with Gasteiger partial charge < -0.3 is 16.4 Å². The van der Waals surface area contributed by atoms with Gasteiger partial charge in [-0.1, -0.05) is 57.0 Å². The number of aliphatic imine (C=N–C) groups is 1. The summed E-state index contributed by atoms with van der Waals surface area (Å²) in [6.07, 6.45) is 8.42. The SMILES string of the molecule is C/C(=C\C(=NCCCCCCN)Nc1[nH]ncc1C(C)C)NCc1ccccc1. The second kappa shape index (κ2) is 12.8. The molecule has 0 radical (unpaired) electrons. The molecule has 29 heavy (non-hydrogen) atoms. The summed E-state index contributed by atoms with van der Waals surface area (Å²) in [5.41, 5.74) is 9.04. The first-order valence-corrected chi connectivity index (χ1v) is 10.6. The van der Waals surface area contributed by atoms with E-state index in [0.29, 0.717) is 5.92 Å². The van der Waals surface area contributed by atoms with Crippen molar-refractivity contribution < 1.29 is 0 Å². The molecular formula is C23H36N6. The molecule has 0 aliphatic heterocycles. The van der Waals surface area contributed by atoms with Crippen molar-refractivity contribution in [1.29, 1.82) is 0 Å². The monoisotopic (exact) mass is 396 g/mol. The van der Waals surface area contributed by atoms with Crippen molar-refractivity contribution in [2.45, 2.75) is 58.9 Å². The van der Waals surface area contributed by atoms with Gasteiger partial charge in [-0.05, 0) is 43.9 Å². The summed E-state index contributed by atoms with van der Waals surface area (Å²) >= 11 is 0. The number of nitrogens with one attached hydrogen (secondary N) is 3. The minimum absolute atomic E-state index is 0.384. The van der Waals surface area contributed by atoms with Crippen LogP contribution in [0, 0.1) is 0 Å². The van der Waals surface area contributed by atoms with Gasteiger partial charge in [0.25, 0.3) is 0 Å². The average Bonchev–Trinajstić information content (AvgIpc) is 3.18. The lowest BCUT2D eigenvalue weighted by Crippen LogP contribution is -2.17. The number of hydrogen-bond acceptors (Lipinski definition) is 4. The van der Waals surface area contributed by atoms with Crippen molar-refractivity contribution in [3.05, 3.63) is 59.4 Å². The molecule has 2 rings (SSSR count). The summed E-state index contributed by atoms with van der Waals surface area (Å²) in [4.78, 5) is 4.80. The van der Waals surface area contributed by atoms with Crippen molar-refractivity contribution in [2.75, 3.05) is 18.4 Å². The van der Waals surface area contributed by atoms with Gasteiger partial charge in [0, 0.05) is 24.4 Å². The van der Waals surface area contributed by atoms with E-state index in [2.05, 4.69) is 71.9 Å². The number of allylic oxidation sites excluding steroid dienone is 1. The molecule has 6 heteroatoms. The number of rotatable bonds is 12. The number of hydrogen-bond donors (Lipinski definition) is 4. The molecule has 0 saturated heterocycles. The van der Waals surface area contributed by atoms with E-state index >= 15 is 0 Å². The molecule has 0 aliphatic rings. The Morgan fingerprint density at radius 3 is 2.66 bits per heavy atom. The Hall–Kier alpha value is -2.60. The van der Waals surface area contributed by atoms with Gasteiger partial charge in [0.2, 0.25) is 0 Å². The average molecular weight is 397 g/mol. The number of anilines is 1. The zero-order valence-electron chi connectivity index (χ0n) is 18.0. The number of benzene rings is 1. The predicted molar refractivity (Wildman–Crippen MR) is 123 cm³/mol. The van der Waals surface area contributed by atoms with Crippen LogP contribution in [0.5, 0.6) is 0 Å². The maximum atomic E-state index is 5.57. The molecule has 158 valence electrons. The summed E-state index contributed by atoms with van der Waals surface area (Å²) in [6.45, 7) is 8.73. The molecule has 1 aromatic heterocycles. The van der Waals surface area contributed by atoms with Crippen LogP contribution in [0.15, 0.2) is 53.3 Å². The zero-order chi connectivity index (χ0) is 20.9. The summed E-state index contributed by atoms with van der Waals surface area (Å²) in [5.74, 6) is 2.14. The van der Waals surface area contributed by atoms with Crippen molar-refractivity contribution in [1.82, 2.24) is 15.5 Å². The lowest BCUT2D eigenvalue weighted by Gasteiger charge is -2.12. The standard InChI is InChI=1S/C23H36N6/c1-18(2)21-17-27-29-23(21)28-22(25-14-10-5-4-9-13-24)15-19(3)26-16-20-11-7-6-8-12-20/h6-8,11-12,15,17-18,26H,4-5,9-10,13-14,16,24H2,1-3H3,(H2,25,27,28,29)/b19-15+. The van der Waals surface area contributed by atoms with Crippen LogP contribution in [0.3, 0.4) is 0 Å². The molecule has 6 nitrogen and oxygen atoms in total. The van der Waals surface area contributed by atoms with Gasteiger partial charge in [0.15, 0.2) is 0 Å². The molecule has 0 unspecified atom stereocenters. The molecule has 0 spiro atoms. The molecule has 2 aromatic rings.